The highest BCUT2D eigenvalue weighted by molar-refractivity contribution is 6.35. The quantitative estimate of drug-likeness (QED) is 0.241. The number of terminal acetylenes is 1. The summed E-state index contributed by atoms with van der Waals surface area (Å²) in [5.74, 6) is 3.07. The van der Waals surface area contributed by atoms with Gasteiger partial charge in [0.25, 0.3) is 5.91 Å². The van der Waals surface area contributed by atoms with Gasteiger partial charge < -0.3 is 14.8 Å². The van der Waals surface area contributed by atoms with E-state index in [4.69, 9.17) is 39.1 Å². The highest BCUT2D eigenvalue weighted by Gasteiger charge is 2.10. The minimum Gasteiger partial charge on any atom is -0.489 e. The number of halogens is 2. The molecule has 0 saturated carbocycles. The number of hydrogen-bond acceptors (Lipinski definition) is 4. The molecule has 0 aliphatic carbocycles. The molecule has 3 aromatic carbocycles. The van der Waals surface area contributed by atoms with Crippen LogP contribution in [0, 0.1) is 23.7 Å². The maximum Gasteiger partial charge on any atom is 0.266 e. The van der Waals surface area contributed by atoms with Gasteiger partial charge in [0.2, 0.25) is 0 Å². The molecule has 0 heterocycles. The van der Waals surface area contributed by atoms with Crippen molar-refractivity contribution in [3.8, 4) is 29.9 Å². The molecule has 0 saturated heterocycles. The number of nitrogens with zero attached hydrogens (tertiary/aromatic N) is 1. The van der Waals surface area contributed by atoms with Crippen LogP contribution in [0.3, 0.4) is 0 Å². The van der Waals surface area contributed by atoms with E-state index in [1.165, 1.54) is 6.08 Å². The molecule has 0 aromatic heterocycles. The van der Waals surface area contributed by atoms with Gasteiger partial charge in [0.05, 0.1) is 0 Å². The molecule has 3 rings (SSSR count). The molecule has 0 radical (unpaired) electrons. The van der Waals surface area contributed by atoms with Gasteiger partial charge in [-0.3, -0.25) is 4.79 Å². The van der Waals surface area contributed by atoms with Crippen LogP contribution >= 0.6 is 23.2 Å². The maximum absolute atomic E-state index is 12.5. The number of ether oxygens (including phenoxy) is 2. The smallest absolute Gasteiger partial charge is 0.266 e. The summed E-state index contributed by atoms with van der Waals surface area (Å²) in [7, 11) is 0. The summed E-state index contributed by atoms with van der Waals surface area (Å²) in [6, 6.07) is 20.8. The topological polar surface area (TPSA) is 71.3 Å². The van der Waals surface area contributed by atoms with Crippen molar-refractivity contribution in [1.82, 2.24) is 0 Å². The van der Waals surface area contributed by atoms with Gasteiger partial charge in [-0.15, -0.1) is 6.42 Å². The normalized spacial score (nSPS) is 10.6. The lowest BCUT2D eigenvalue weighted by Crippen LogP contribution is -2.13. The van der Waals surface area contributed by atoms with Crippen LogP contribution in [0.4, 0.5) is 5.69 Å². The van der Waals surface area contributed by atoms with Gasteiger partial charge >= 0.3 is 0 Å². The third kappa shape index (κ3) is 7.05. The molecule has 0 aliphatic heterocycles. The minimum atomic E-state index is -0.522. The molecule has 0 atom stereocenters. The second kappa shape index (κ2) is 11.6. The molecule has 5 nitrogen and oxygen atoms in total. The first-order valence-corrected chi connectivity index (χ1v) is 10.5. The fourth-order valence-electron chi connectivity index (χ4n) is 2.73. The van der Waals surface area contributed by atoms with Gasteiger partial charge in [-0.1, -0.05) is 47.3 Å². The van der Waals surface area contributed by atoms with Crippen molar-refractivity contribution >= 4 is 40.9 Å². The van der Waals surface area contributed by atoms with E-state index in [-0.39, 0.29) is 18.8 Å². The zero-order valence-corrected chi connectivity index (χ0v) is 18.9. The van der Waals surface area contributed by atoms with Crippen LogP contribution < -0.4 is 14.8 Å². The van der Waals surface area contributed by atoms with Crippen LogP contribution in [0.1, 0.15) is 11.1 Å². The number of carbonyl (C=O) groups excluding carboxylic acids is 1. The molecule has 3 aromatic rings. The fourth-order valence-corrected chi connectivity index (χ4v) is 3.20. The summed E-state index contributed by atoms with van der Waals surface area (Å²) in [6.07, 6.45) is 6.66. The van der Waals surface area contributed by atoms with Crippen molar-refractivity contribution in [3.05, 3.63) is 93.5 Å². The van der Waals surface area contributed by atoms with E-state index in [0.717, 1.165) is 5.56 Å². The number of amides is 1. The Bertz CT molecular complexity index is 1240. The first-order valence-electron chi connectivity index (χ1n) is 9.75. The molecule has 33 heavy (non-hydrogen) atoms. The summed E-state index contributed by atoms with van der Waals surface area (Å²) in [5, 5.41) is 13.2. The van der Waals surface area contributed by atoms with Crippen molar-refractivity contribution in [2.45, 2.75) is 6.61 Å². The Morgan fingerprint density at radius 1 is 1.00 bits per heavy atom. The van der Waals surface area contributed by atoms with Crippen LogP contribution in [0.25, 0.3) is 6.08 Å². The predicted octanol–water partition coefficient (Wildman–Crippen LogP) is 6.13. The Kier molecular flexibility index (Phi) is 8.38. The molecule has 1 N–H and O–H groups in total. The molecule has 0 unspecified atom stereocenters. The summed E-state index contributed by atoms with van der Waals surface area (Å²) >= 11 is 12.0. The van der Waals surface area contributed by atoms with Crippen LogP contribution in [0.5, 0.6) is 11.5 Å². The number of rotatable bonds is 8. The standard InChI is InChI=1S/C26H18Cl2N2O3/c1-2-13-32-23-9-3-18(4-10-23)14-20(16-29)26(31)30-22-7-11-24(12-8-22)33-17-19-5-6-21(27)15-25(19)28/h1,3-12,14-15H,13,17H2,(H,30,31)/b20-14+. The number of anilines is 1. The molecule has 0 fully saturated rings. The van der Waals surface area contributed by atoms with Crippen LogP contribution in [0.15, 0.2) is 72.3 Å². The van der Waals surface area contributed by atoms with Crippen molar-refractivity contribution in [2.75, 3.05) is 11.9 Å². The Balaban J connectivity index is 1.60. The van der Waals surface area contributed by atoms with Gasteiger partial charge in [-0.2, -0.15) is 5.26 Å². The second-order valence-electron chi connectivity index (χ2n) is 6.73. The van der Waals surface area contributed by atoms with Gasteiger partial charge in [0, 0.05) is 21.3 Å². The zero-order chi connectivity index (χ0) is 23.6. The van der Waals surface area contributed by atoms with Crippen molar-refractivity contribution in [1.29, 1.82) is 5.26 Å². The Morgan fingerprint density at radius 2 is 1.67 bits per heavy atom. The van der Waals surface area contributed by atoms with E-state index >= 15 is 0 Å². The number of carbonyl (C=O) groups is 1. The van der Waals surface area contributed by atoms with Crippen LogP contribution in [0.2, 0.25) is 10.0 Å². The highest BCUT2D eigenvalue weighted by Crippen LogP contribution is 2.23. The SMILES string of the molecule is C#CCOc1ccc(/C=C(\C#N)C(=O)Nc2ccc(OCc3ccc(Cl)cc3Cl)cc2)cc1. The van der Waals surface area contributed by atoms with Crippen molar-refractivity contribution < 1.29 is 14.3 Å². The number of benzene rings is 3. The largest absolute Gasteiger partial charge is 0.489 e. The van der Waals surface area contributed by atoms with Crippen LogP contribution in [-0.4, -0.2) is 12.5 Å². The third-order valence-electron chi connectivity index (χ3n) is 4.40. The van der Waals surface area contributed by atoms with Crippen LogP contribution in [-0.2, 0) is 11.4 Å². The summed E-state index contributed by atoms with van der Waals surface area (Å²) < 4.78 is 11.0. The summed E-state index contributed by atoms with van der Waals surface area (Å²) in [5.41, 5.74) is 1.97. The number of nitriles is 1. The Hall–Kier alpha value is -3.90. The molecule has 164 valence electrons. The molecular weight excluding hydrogens is 459 g/mol. The summed E-state index contributed by atoms with van der Waals surface area (Å²) in [4.78, 5) is 12.5. The first-order chi connectivity index (χ1) is 16.0. The molecule has 7 heteroatoms. The van der Waals surface area contributed by atoms with E-state index in [0.29, 0.717) is 32.8 Å². The van der Waals surface area contributed by atoms with Crippen molar-refractivity contribution in [2.24, 2.45) is 0 Å². The molecule has 1 amide bonds. The molecule has 0 aliphatic rings. The lowest BCUT2D eigenvalue weighted by atomic mass is 10.1. The monoisotopic (exact) mass is 476 g/mol. The first kappa shape index (κ1) is 23.8. The van der Waals surface area contributed by atoms with Crippen molar-refractivity contribution in [3.63, 3.8) is 0 Å². The van der Waals surface area contributed by atoms with E-state index in [2.05, 4.69) is 11.2 Å². The predicted molar refractivity (Wildman–Crippen MR) is 130 cm³/mol. The maximum atomic E-state index is 12.5. The second-order valence-corrected chi connectivity index (χ2v) is 7.58. The van der Waals surface area contributed by atoms with E-state index in [1.807, 2.05) is 6.07 Å². The van der Waals surface area contributed by atoms with E-state index in [1.54, 1.807) is 66.7 Å². The number of nitrogens with one attached hydrogen (secondary N) is 1. The zero-order valence-electron chi connectivity index (χ0n) is 17.3. The molecule has 0 spiro atoms. The average molecular weight is 477 g/mol. The average Bonchev–Trinajstić information content (AvgIpc) is 2.82. The summed E-state index contributed by atoms with van der Waals surface area (Å²) in [6.45, 7) is 0.440. The van der Waals surface area contributed by atoms with Gasteiger partial charge in [-0.25, -0.2) is 0 Å². The molecule has 0 bridgehead atoms. The third-order valence-corrected chi connectivity index (χ3v) is 4.99. The fraction of sp³-hybridized carbons (Fsp3) is 0.0769. The number of hydrogen-bond donors (Lipinski definition) is 1. The van der Waals surface area contributed by atoms with E-state index < -0.39 is 5.91 Å². The Morgan fingerprint density at radius 3 is 2.30 bits per heavy atom. The Labute approximate surface area is 202 Å². The lowest BCUT2D eigenvalue weighted by molar-refractivity contribution is -0.112. The molecular formula is C26H18Cl2N2O3. The van der Waals surface area contributed by atoms with Gasteiger partial charge in [-0.05, 0) is 60.2 Å². The van der Waals surface area contributed by atoms with Gasteiger partial charge in [0.1, 0.15) is 36.4 Å². The van der Waals surface area contributed by atoms with Gasteiger partial charge in [0.15, 0.2) is 0 Å². The lowest BCUT2D eigenvalue weighted by Gasteiger charge is -2.09. The minimum absolute atomic E-state index is 0.0370. The highest BCUT2D eigenvalue weighted by atomic mass is 35.5. The van der Waals surface area contributed by atoms with E-state index in [9.17, 15) is 10.1 Å².